The van der Waals surface area contributed by atoms with Crippen LogP contribution in [0.4, 0.5) is 5.69 Å². The van der Waals surface area contributed by atoms with Gasteiger partial charge in [-0.2, -0.15) is 0 Å². The average molecular weight is 716 g/mol. The number of nitro groups is 1. The summed E-state index contributed by atoms with van der Waals surface area (Å²) in [5.41, 5.74) is 1.55. The van der Waals surface area contributed by atoms with E-state index in [2.05, 4.69) is 21.3 Å². The van der Waals surface area contributed by atoms with Crippen LogP contribution in [0.15, 0.2) is 6.33 Å². The van der Waals surface area contributed by atoms with Crippen LogP contribution < -0.4 is 70.9 Å². The molecule has 0 aliphatic carbocycles. The Kier molecular flexibility index (Phi) is 13.5. The zero-order chi connectivity index (χ0) is 28.0. The van der Waals surface area contributed by atoms with Crippen molar-refractivity contribution in [3.63, 3.8) is 0 Å². The molecule has 0 aromatic carbocycles. The summed E-state index contributed by atoms with van der Waals surface area (Å²) in [4.78, 5) is 22.4. The number of quaternary nitrogens is 4. The highest BCUT2D eigenvalue weighted by Gasteiger charge is 2.54. The van der Waals surface area contributed by atoms with Crippen LogP contribution in [0.1, 0.15) is 23.5 Å². The van der Waals surface area contributed by atoms with Crippen LogP contribution in [0, 0.1) is 10.1 Å². The number of piperazine rings is 6. The van der Waals surface area contributed by atoms with Gasteiger partial charge in [0.15, 0.2) is 23.5 Å². The Balaban J connectivity index is 0.00000138. The van der Waals surface area contributed by atoms with E-state index < -0.39 is 0 Å². The summed E-state index contributed by atoms with van der Waals surface area (Å²) in [6, 6.07) is -0.00890. The molecule has 6 saturated heterocycles. The molecule has 13 nitrogen and oxygen atoms in total. The van der Waals surface area contributed by atoms with Crippen molar-refractivity contribution in [2.24, 2.45) is 0 Å². The SMILES string of the molecule is O=[N+]([O-])c1c(C2CNCC[N+]23CC[N+]2(CCNCC2)CC3)ncnc1C1CNCC[N+]12CC[N+]1(CCNCC1)CC2.[Cl-].[Cl-].[Cl-].[Cl-]. The smallest absolute Gasteiger partial charge is 0.324 e. The third-order valence-corrected chi connectivity index (χ3v) is 12.3. The third kappa shape index (κ3) is 7.20. The van der Waals surface area contributed by atoms with E-state index in [9.17, 15) is 10.1 Å². The minimum Gasteiger partial charge on any atom is -1.00 e. The van der Waals surface area contributed by atoms with Gasteiger partial charge in [-0.25, -0.2) is 9.97 Å². The molecule has 2 atom stereocenters. The van der Waals surface area contributed by atoms with Gasteiger partial charge in [-0.15, -0.1) is 0 Å². The van der Waals surface area contributed by atoms with Crippen LogP contribution >= 0.6 is 0 Å². The van der Waals surface area contributed by atoms with Gasteiger partial charge < -0.3 is 88.8 Å². The summed E-state index contributed by atoms with van der Waals surface area (Å²) in [6.45, 7) is 23.6. The quantitative estimate of drug-likeness (QED) is 0.139. The van der Waals surface area contributed by atoms with E-state index in [4.69, 9.17) is 9.97 Å². The number of rotatable bonds is 3. The lowest BCUT2D eigenvalue weighted by Crippen LogP contribution is -3.00. The second-order valence-electron chi connectivity index (χ2n) is 13.9. The Morgan fingerprint density at radius 3 is 1.27 bits per heavy atom. The molecule has 2 unspecified atom stereocenters. The predicted octanol–water partition coefficient (Wildman–Crippen LogP) is -13.8. The maximum Gasteiger partial charge on any atom is 0.324 e. The van der Waals surface area contributed by atoms with Gasteiger partial charge in [0.2, 0.25) is 0 Å². The Morgan fingerprint density at radius 2 is 0.911 bits per heavy atom. The van der Waals surface area contributed by atoms with Crippen molar-refractivity contribution < 1.29 is 72.5 Å². The van der Waals surface area contributed by atoms with Crippen molar-refractivity contribution in [3.8, 4) is 0 Å². The molecule has 258 valence electrons. The van der Waals surface area contributed by atoms with Crippen LogP contribution in [0.5, 0.6) is 0 Å². The first-order valence-electron chi connectivity index (χ1n) is 16.2. The normalized spacial score (nSPS) is 29.4. The summed E-state index contributed by atoms with van der Waals surface area (Å²) in [7, 11) is 0. The summed E-state index contributed by atoms with van der Waals surface area (Å²) >= 11 is 0. The molecule has 4 N–H and O–H groups in total. The fourth-order valence-corrected chi connectivity index (χ4v) is 9.37. The van der Waals surface area contributed by atoms with Crippen LogP contribution in [0.2, 0.25) is 0 Å². The Morgan fingerprint density at radius 1 is 0.556 bits per heavy atom. The van der Waals surface area contributed by atoms with Crippen molar-refractivity contribution in [1.29, 1.82) is 0 Å². The Hall–Kier alpha value is -0.680. The first-order valence-corrected chi connectivity index (χ1v) is 16.2. The number of nitrogens with zero attached hydrogens (tertiary/aromatic N) is 7. The van der Waals surface area contributed by atoms with Crippen molar-refractivity contribution in [3.05, 3.63) is 27.8 Å². The topological polar surface area (TPSA) is 117 Å². The molecule has 1 aromatic heterocycles. The predicted molar refractivity (Wildman–Crippen MR) is 155 cm³/mol. The number of hydrogen-bond donors (Lipinski definition) is 4. The minimum absolute atomic E-state index is 0. The largest absolute Gasteiger partial charge is 1.00 e. The van der Waals surface area contributed by atoms with E-state index in [1.165, 1.54) is 35.1 Å². The second-order valence-corrected chi connectivity index (χ2v) is 13.9. The summed E-state index contributed by atoms with van der Waals surface area (Å²) in [5, 5.41) is 27.2. The molecule has 17 heteroatoms. The molecule has 0 radical (unpaired) electrons. The van der Waals surface area contributed by atoms with E-state index >= 15 is 0 Å². The van der Waals surface area contributed by atoms with E-state index in [-0.39, 0.29) is 72.3 Å². The molecule has 6 fully saturated rings. The molecule has 6 aliphatic rings. The van der Waals surface area contributed by atoms with Gasteiger partial charge in [0.05, 0.1) is 57.3 Å². The maximum absolute atomic E-state index is 13.0. The van der Waals surface area contributed by atoms with Gasteiger partial charge in [-0.05, 0) is 0 Å². The van der Waals surface area contributed by atoms with Crippen LogP contribution in [-0.2, 0) is 0 Å². The number of halogens is 4. The van der Waals surface area contributed by atoms with Crippen LogP contribution in [0.25, 0.3) is 0 Å². The van der Waals surface area contributed by atoms with Crippen molar-refractivity contribution >= 4 is 5.69 Å². The van der Waals surface area contributed by atoms with Gasteiger partial charge in [0.25, 0.3) is 0 Å². The Bertz CT molecular complexity index is 1040. The van der Waals surface area contributed by atoms with Crippen molar-refractivity contribution in [2.45, 2.75) is 12.1 Å². The van der Waals surface area contributed by atoms with Gasteiger partial charge in [0, 0.05) is 39.3 Å². The fraction of sp³-hybridized carbons (Fsp3) is 0.857. The average Bonchev–Trinajstić information content (AvgIpc) is 3.02. The third-order valence-electron chi connectivity index (χ3n) is 12.3. The molecule has 0 amide bonds. The Labute approximate surface area is 292 Å². The van der Waals surface area contributed by atoms with E-state index in [1.54, 1.807) is 6.33 Å². The molecular weight excluding hydrogens is 664 g/mol. The standard InChI is InChI=1S/C28H51N11O2.4ClH/c40-35(41)28-26(24-21-31-5-11-38(24)17-13-36(14-18-38)7-1-29-2-8-36)33-23-34-27(28)25-22-32-6-12-39(25)19-15-37(16-20-39)9-3-30-4-10-37;;;;/h23-25,29-32H,1-22H2;4*1H/q+4;;;;/p-4. The first-order chi connectivity index (χ1) is 20.0. The van der Waals surface area contributed by atoms with Gasteiger partial charge in [-0.3, -0.25) is 10.1 Å². The lowest BCUT2D eigenvalue weighted by Gasteiger charge is -2.55. The molecule has 7 heterocycles. The summed E-state index contributed by atoms with van der Waals surface area (Å²) in [6.07, 6.45) is 1.65. The van der Waals surface area contributed by atoms with Crippen LogP contribution in [0.3, 0.4) is 0 Å². The van der Waals surface area contributed by atoms with Crippen molar-refractivity contribution in [1.82, 2.24) is 31.2 Å². The van der Waals surface area contributed by atoms with E-state index in [0.717, 1.165) is 127 Å². The molecule has 4 spiro atoms. The molecule has 0 bridgehead atoms. The maximum atomic E-state index is 13.0. The number of aromatic nitrogens is 2. The monoisotopic (exact) mass is 713 g/mol. The molecule has 7 rings (SSSR count). The second kappa shape index (κ2) is 15.7. The highest BCUT2D eigenvalue weighted by Crippen LogP contribution is 2.42. The molecule has 45 heavy (non-hydrogen) atoms. The molecule has 0 saturated carbocycles. The van der Waals surface area contributed by atoms with Crippen LogP contribution in [-0.4, -0.2) is 177 Å². The lowest BCUT2D eigenvalue weighted by atomic mass is 9.95. The van der Waals surface area contributed by atoms with Crippen molar-refractivity contribution in [2.75, 3.05) is 144 Å². The summed E-state index contributed by atoms with van der Waals surface area (Å²) < 4.78 is 4.26. The first kappa shape index (κ1) is 38.8. The van der Waals surface area contributed by atoms with Gasteiger partial charge >= 0.3 is 5.69 Å². The highest BCUT2D eigenvalue weighted by atomic mass is 35.5. The van der Waals surface area contributed by atoms with Gasteiger partial charge in [-0.1, -0.05) is 0 Å². The fourth-order valence-electron chi connectivity index (χ4n) is 9.37. The lowest BCUT2D eigenvalue weighted by molar-refractivity contribution is -1.05. The number of nitrogens with one attached hydrogen (secondary N) is 4. The van der Waals surface area contributed by atoms with E-state index in [0.29, 0.717) is 11.4 Å². The number of hydrogen-bond acceptors (Lipinski definition) is 8. The minimum atomic E-state index is -0.135. The summed E-state index contributed by atoms with van der Waals surface area (Å²) in [5.74, 6) is 0. The van der Waals surface area contributed by atoms with E-state index in [1.807, 2.05) is 0 Å². The molecule has 6 aliphatic heterocycles. The van der Waals surface area contributed by atoms with Gasteiger partial charge in [0.1, 0.15) is 58.7 Å². The molecule has 1 aromatic rings. The zero-order valence-corrected chi connectivity index (χ0v) is 29.3. The highest BCUT2D eigenvalue weighted by molar-refractivity contribution is 5.43. The molecular formula is C28H51Cl4N11O2. The zero-order valence-electron chi connectivity index (χ0n) is 26.2.